The minimum Gasteiger partial charge on any atom is -0.483 e. The maximum atomic E-state index is 14.7. The number of halogens is 5. The number of nitrogens with zero attached hydrogens (tertiary/aromatic N) is 1. The Morgan fingerprint density at radius 2 is 1.51 bits per heavy atom. The molecular formula is C57H95F5N2O5S. The van der Waals surface area contributed by atoms with Crippen molar-refractivity contribution in [1.82, 2.24) is 10.2 Å². The molecule has 7 nitrogen and oxygen atoms in total. The molecule has 0 bridgehead atoms. The second-order valence-corrected chi connectivity index (χ2v) is 23.7. The van der Waals surface area contributed by atoms with Crippen molar-refractivity contribution in [2.75, 3.05) is 45.5 Å². The molecule has 1 heterocycles. The Morgan fingerprint density at radius 1 is 0.886 bits per heavy atom. The summed E-state index contributed by atoms with van der Waals surface area (Å²) in [6, 6.07) is -1.55. The first-order valence-electron chi connectivity index (χ1n) is 25.9. The molecule has 11 unspecified atom stereocenters. The van der Waals surface area contributed by atoms with Crippen LogP contribution in [-0.4, -0.2) is 95.0 Å². The van der Waals surface area contributed by atoms with Crippen LogP contribution in [0.15, 0.2) is 59.3 Å². The molecule has 3 N–H and O–H groups in total. The number of carboxylic acids is 1. The number of alkyl halides is 5. The summed E-state index contributed by atoms with van der Waals surface area (Å²) >= 11 is 0. The minimum atomic E-state index is -4.31. The Hall–Kier alpha value is -2.64. The number of hydrogen-bond donors (Lipinski definition) is 3. The third kappa shape index (κ3) is 14.1. The summed E-state index contributed by atoms with van der Waals surface area (Å²) in [5, 5.41) is 19.8. The first kappa shape index (κ1) is 63.5. The zero-order valence-electron chi connectivity index (χ0n) is 44.0. The SMILES string of the molecule is C.C/C=C(\C)C1=CCC(C)CC1.C=CC.CC1C(C2=CCC(C(=O)O)CC2)=CCC2(C)C1CCC1(C)C2CCC2C3CCCC3(NC(CN3CCS(=O)CC3)C(F)(F)F)CC[C@]21C.CF.CF.O=CO. The van der Waals surface area contributed by atoms with E-state index in [2.05, 4.69) is 84.7 Å². The Labute approximate surface area is 423 Å². The number of nitrogens with one attached hydrogen (secondary N) is 1. The number of rotatable bonds is 7. The summed E-state index contributed by atoms with van der Waals surface area (Å²) in [6.45, 7) is 22.7. The number of carboxylic acid groups (broad SMARTS) is 2. The van der Waals surface area contributed by atoms with E-state index >= 15 is 0 Å². The lowest BCUT2D eigenvalue weighted by Crippen LogP contribution is -2.69. The molecule has 0 aromatic carbocycles. The molecule has 70 heavy (non-hydrogen) atoms. The first-order valence-corrected chi connectivity index (χ1v) is 27.4. The van der Waals surface area contributed by atoms with Crippen molar-refractivity contribution in [3.8, 4) is 0 Å². The number of allylic oxidation sites excluding steroid dienone is 9. The Balaban J connectivity index is 0.000000646. The summed E-state index contributed by atoms with van der Waals surface area (Å²) in [6.07, 6.45) is 23.4. The maximum absolute atomic E-state index is 14.7. The van der Waals surface area contributed by atoms with Crippen molar-refractivity contribution >= 4 is 23.2 Å². The summed E-state index contributed by atoms with van der Waals surface area (Å²) in [5.41, 5.74) is 5.92. The number of carbonyl (C=O) groups is 2. The number of fused-ring (bicyclic) bond motifs is 7. The number of hydrogen-bond acceptors (Lipinski definition) is 5. The molecule has 0 spiro atoms. The van der Waals surface area contributed by atoms with Gasteiger partial charge < -0.3 is 10.2 Å². The van der Waals surface area contributed by atoms with E-state index in [0.717, 1.165) is 63.7 Å². The van der Waals surface area contributed by atoms with Crippen LogP contribution in [0.1, 0.15) is 166 Å². The van der Waals surface area contributed by atoms with Gasteiger partial charge in [0.15, 0.2) is 0 Å². The van der Waals surface area contributed by atoms with Crippen LogP contribution in [0.3, 0.4) is 0 Å². The van der Waals surface area contributed by atoms with Crippen LogP contribution in [0.4, 0.5) is 22.0 Å². The van der Waals surface area contributed by atoms with Gasteiger partial charge in [-0.25, -0.2) is 0 Å². The molecule has 8 aliphatic rings. The van der Waals surface area contributed by atoms with Crippen molar-refractivity contribution in [3.63, 3.8) is 0 Å². The van der Waals surface area contributed by atoms with Crippen molar-refractivity contribution in [2.45, 2.75) is 183 Å². The smallest absolute Gasteiger partial charge is 0.405 e. The van der Waals surface area contributed by atoms with Crippen LogP contribution in [0.25, 0.3) is 0 Å². The third-order valence-electron chi connectivity index (χ3n) is 18.9. The van der Waals surface area contributed by atoms with Gasteiger partial charge in [0.05, 0.1) is 20.3 Å². The molecule has 13 heteroatoms. The van der Waals surface area contributed by atoms with E-state index in [4.69, 9.17) is 9.90 Å². The van der Waals surface area contributed by atoms with E-state index < -0.39 is 34.5 Å². The van der Waals surface area contributed by atoms with E-state index in [1.54, 1.807) is 11.6 Å². The Bertz CT molecular complexity index is 1820. The van der Waals surface area contributed by atoms with Crippen molar-refractivity contribution in [1.29, 1.82) is 0 Å². The second-order valence-electron chi connectivity index (χ2n) is 22.0. The third-order valence-corrected chi connectivity index (χ3v) is 20.1. The molecule has 12 atom stereocenters. The van der Waals surface area contributed by atoms with Gasteiger partial charge in [-0.2, -0.15) is 13.2 Å². The summed E-state index contributed by atoms with van der Waals surface area (Å²) < 4.78 is 75.0. The molecule has 8 rings (SSSR count). The standard InChI is InChI=1S/C39H59F3N2O3S.C11H18.C3H6.2CH3F.CH2O2.CH4/c1-25-28(26-7-9-27(10-8-26)34(45)46)13-16-35(2)29(25)14-17-37(4)32(35)12-11-30-31-6-5-15-38(31,19-18-36(30,37)3)43-33(39(40,41)42)24-44-20-22-48(47)23-21-44;1-4-10(3)11-7-5-9(2)6-8-11;1-3-2;2*1-2;2-1-3;/h7,13,25,27,29-33,43H,5-6,8-12,14-24H2,1-4H3,(H,45,46);4,7,9H,5-6,8H2,1-3H3;3H,1H2,2H3;2*1H3;1H,(H,2,3);1H4/b;10-4+;;;;;/t25?,27?,29?,30?,31?,32?,33?,35?,36-,37?,38?;;;;;;/m1....../s1. The molecule has 5 fully saturated rings. The fourth-order valence-electron chi connectivity index (χ4n) is 15.0. The Kier molecular flexibility index (Phi) is 25.5. The monoisotopic (exact) mass is 1010 g/mol. The minimum absolute atomic E-state index is 0. The van der Waals surface area contributed by atoms with Crippen molar-refractivity contribution in [2.24, 2.45) is 57.7 Å². The van der Waals surface area contributed by atoms with Crippen LogP contribution in [0.2, 0.25) is 0 Å². The quantitative estimate of drug-likeness (QED) is 0.132. The van der Waals surface area contributed by atoms with E-state index in [-0.39, 0.29) is 48.5 Å². The summed E-state index contributed by atoms with van der Waals surface area (Å²) in [4.78, 5) is 21.8. The molecule has 1 saturated heterocycles. The van der Waals surface area contributed by atoms with Crippen LogP contribution in [-0.2, 0) is 20.4 Å². The van der Waals surface area contributed by atoms with E-state index in [1.807, 2.05) is 11.8 Å². The average molecular weight is 1020 g/mol. The Morgan fingerprint density at radius 3 is 2.04 bits per heavy atom. The van der Waals surface area contributed by atoms with Crippen LogP contribution >= 0.6 is 0 Å². The molecular weight excluding hydrogens is 920 g/mol. The van der Waals surface area contributed by atoms with Gasteiger partial charge in [-0.15, -0.1) is 6.58 Å². The highest BCUT2D eigenvalue weighted by Crippen LogP contribution is 2.75. The van der Waals surface area contributed by atoms with E-state index in [1.165, 1.54) is 55.2 Å². The van der Waals surface area contributed by atoms with Gasteiger partial charge in [0.25, 0.3) is 6.47 Å². The van der Waals surface area contributed by atoms with Gasteiger partial charge >= 0.3 is 12.1 Å². The lowest BCUT2D eigenvalue weighted by molar-refractivity contribution is -0.218. The fraction of sp³-hybridized carbons (Fsp3) is 0.789. The van der Waals surface area contributed by atoms with Gasteiger partial charge in [0.1, 0.15) is 6.04 Å². The zero-order chi connectivity index (χ0) is 52.0. The fourth-order valence-corrected chi connectivity index (χ4v) is 16.1. The average Bonchev–Trinajstić information content (AvgIpc) is 3.75. The largest absolute Gasteiger partial charge is 0.483 e. The summed E-state index contributed by atoms with van der Waals surface area (Å²) in [7, 11) is 0.0937. The molecule has 7 aliphatic carbocycles. The topological polar surface area (TPSA) is 107 Å². The molecule has 0 aromatic heterocycles. The van der Waals surface area contributed by atoms with Gasteiger partial charge in [0, 0.05) is 47.5 Å². The lowest BCUT2D eigenvalue weighted by Gasteiger charge is -2.71. The van der Waals surface area contributed by atoms with Gasteiger partial charge in [-0.1, -0.05) is 84.4 Å². The van der Waals surface area contributed by atoms with Crippen molar-refractivity contribution < 1.29 is 46.0 Å². The molecule has 1 aliphatic heterocycles. The second kappa shape index (κ2) is 28.1. The van der Waals surface area contributed by atoms with Crippen LogP contribution < -0.4 is 5.32 Å². The normalized spacial score (nSPS) is 36.2. The predicted molar refractivity (Wildman–Crippen MR) is 281 cm³/mol. The highest BCUT2D eigenvalue weighted by Gasteiger charge is 2.69. The molecule has 4 saturated carbocycles. The first-order chi connectivity index (χ1) is 32.7. The van der Waals surface area contributed by atoms with Gasteiger partial charge in [-0.05, 0) is 186 Å². The predicted octanol–water partition coefficient (Wildman–Crippen LogP) is 14.5. The lowest BCUT2D eigenvalue weighted by atomic mass is 9.34. The van der Waals surface area contributed by atoms with Crippen LogP contribution in [0.5, 0.6) is 0 Å². The molecule has 0 amide bonds. The van der Waals surface area contributed by atoms with E-state index in [0.29, 0.717) is 69.0 Å². The molecule has 0 aromatic rings. The summed E-state index contributed by atoms with van der Waals surface area (Å²) in [5.74, 6) is 3.30. The van der Waals surface area contributed by atoms with E-state index in [9.17, 15) is 36.1 Å². The van der Waals surface area contributed by atoms with Crippen LogP contribution in [0, 0.1) is 57.7 Å². The number of aliphatic carboxylic acids is 1. The highest BCUT2D eigenvalue weighted by atomic mass is 32.2. The molecule has 404 valence electrons. The molecule has 0 radical (unpaired) electrons. The zero-order valence-corrected chi connectivity index (χ0v) is 44.8. The highest BCUT2D eigenvalue weighted by molar-refractivity contribution is 7.85. The maximum Gasteiger partial charge on any atom is 0.405 e. The van der Waals surface area contributed by atoms with Gasteiger partial charge in [-0.3, -0.25) is 32.8 Å². The van der Waals surface area contributed by atoms with Gasteiger partial charge in [0.2, 0.25) is 0 Å². The van der Waals surface area contributed by atoms with Crippen molar-refractivity contribution in [3.05, 3.63) is 59.3 Å².